The Morgan fingerprint density at radius 1 is 1.73 bits per heavy atom. The third-order valence-corrected chi connectivity index (χ3v) is 1.95. The number of nitrogens with two attached hydrogens (primary N) is 1. The van der Waals surface area contributed by atoms with E-state index in [2.05, 4.69) is 6.08 Å². The van der Waals surface area contributed by atoms with E-state index < -0.39 is 0 Å². The van der Waals surface area contributed by atoms with Gasteiger partial charge in [0.15, 0.2) is 0 Å². The average molecular weight is 151 g/mol. The molecule has 0 radical (unpaired) electrons. The molecule has 0 saturated heterocycles. The summed E-state index contributed by atoms with van der Waals surface area (Å²) in [6, 6.07) is 0. The molecular weight excluding hydrogens is 138 g/mol. The van der Waals surface area contributed by atoms with Crippen LogP contribution in [0.5, 0.6) is 0 Å². The van der Waals surface area contributed by atoms with E-state index >= 15 is 0 Å². The maximum atomic E-state index is 10.9. The predicted octanol–water partition coefficient (Wildman–Crippen LogP) is 1.53. The molecule has 0 fully saturated rings. The summed E-state index contributed by atoms with van der Waals surface area (Å²) >= 11 is 0. The first kappa shape index (κ1) is 8.05. The lowest BCUT2D eigenvalue weighted by molar-refractivity contribution is -0.114. The predicted molar refractivity (Wildman–Crippen MR) is 44.9 cm³/mol. The molecule has 2 N–H and O–H groups in total. The zero-order chi connectivity index (χ0) is 8.27. The van der Waals surface area contributed by atoms with Crippen LogP contribution in [-0.4, -0.2) is 5.91 Å². The number of amides is 1. The Kier molecular flexibility index (Phi) is 2.47. The molecule has 1 rings (SSSR count). The highest BCUT2D eigenvalue weighted by Crippen LogP contribution is 2.20. The largest absolute Gasteiger partial charge is 0.366 e. The van der Waals surface area contributed by atoms with Crippen LogP contribution in [0.3, 0.4) is 0 Å². The quantitative estimate of drug-likeness (QED) is 0.639. The van der Waals surface area contributed by atoms with Crippen molar-refractivity contribution in [3.8, 4) is 0 Å². The molecule has 0 aromatic rings. The fourth-order valence-electron chi connectivity index (χ4n) is 1.33. The van der Waals surface area contributed by atoms with Crippen LogP contribution in [0, 0.1) is 0 Å². The fraction of sp³-hybridized carbons (Fsp3) is 0.444. The first-order valence-corrected chi connectivity index (χ1v) is 3.94. The minimum Gasteiger partial charge on any atom is -0.366 e. The standard InChI is InChI=1S/C9H13NO/c1-2-7-5-3-4-6-8(7)9(10)11/h3,5H,2,4,6H2,1H3,(H2,10,11). The number of carbonyl (C=O) groups excluding carboxylic acids is 1. The molecule has 0 aromatic carbocycles. The topological polar surface area (TPSA) is 43.1 Å². The zero-order valence-electron chi connectivity index (χ0n) is 6.76. The van der Waals surface area contributed by atoms with Crippen molar-refractivity contribution in [2.24, 2.45) is 5.73 Å². The van der Waals surface area contributed by atoms with Crippen LogP contribution in [0.4, 0.5) is 0 Å². The summed E-state index contributed by atoms with van der Waals surface area (Å²) in [5.74, 6) is -0.258. The highest BCUT2D eigenvalue weighted by molar-refractivity contribution is 5.93. The molecule has 1 amide bonds. The van der Waals surface area contributed by atoms with Crippen molar-refractivity contribution in [1.29, 1.82) is 0 Å². The van der Waals surface area contributed by atoms with Gasteiger partial charge in [-0.25, -0.2) is 0 Å². The van der Waals surface area contributed by atoms with E-state index in [9.17, 15) is 4.79 Å². The van der Waals surface area contributed by atoms with E-state index in [1.807, 2.05) is 13.0 Å². The average Bonchev–Trinajstić information content (AvgIpc) is 2.04. The fourth-order valence-corrected chi connectivity index (χ4v) is 1.33. The number of allylic oxidation sites excluding steroid dienone is 3. The molecule has 1 aliphatic rings. The molecule has 1 aliphatic carbocycles. The maximum absolute atomic E-state index is 10.9. The second-order valence-corrected chi connectivity index (χ2v) is 2.66. The third-order valence-electron chi connectivity index (χ3n) is 1.95. The Labute approximate surface area is 66.8 Å². The summed E-state index contributed by atoms with van der Waals surface area (Å²) in [7, 11) is 0. The Hall–Kier alpha value is -1.05. The van der Waals surface area contributed by atoms with Crippen molar-refractivity contribution in [1.82, 2.24) is 0 Å². The Morgan fingerprint density at radius 2 is 2.45 bits per heavy atom. The Morgan fingerprint density at radius 3 is 2.91 bits per heavy atom. The molecule has 0 atom stereocenters. The molecule has 0 saturated carbocycles. The van der Waals surface area contributed by atoms with E-state index in [4.69, 9.17) is 5.73 Å². The van der Waals surface area contributed by atoms with Gasteiger partial charge >= 0.3 is 0 Å². The molecule has 0 spiro atoms. The minimum atomic E-state index is -0.258. The summed E-state index contributed by atoms with van der Waals surface area (Å²) in [6.45, 7) is 2.04. The smallest absolute Gasteiger partial charge is 0.244 e. The molecule has 0 aliphatic heterocycles. The molecule has 2 heteroatoms. The van der Waals surface area contributed by atoms with E-state index in [-0.39, 0.29) is 5.91 Å². The van der Waals surface area contributed by atoms with Crippen LogP contribution in [0.1, 0.15) is 26.2 Å². The van der Waals surface area contributed by atoms with Crippen molar-refractivity contribution >= 4 is 5.91 Å². The van der Waals surface area contributed by atoms with E-state index in [0.29, 0.717) is 0 Å². The first-order valence-electron chi connectivity index (χ1n) is 3.94. The molecule has 2 nitrogen and oxygen atoms in total. The van der Waals surface area contributed by atoms with Crippen molar-refractivity contribution in [3.63, 3.8) is 0 Å². The van der Waals surface area contributed by atoms with Gasteiger partial charge in [0.25, 0.3) is 0 Å². The lowest BCUT2D eigenvalue weighted by Crippen LogP contribution is -2.16. The number of primary amides is 1. The molecule has 0 bridgehead atoms. The van der Waals surface area contributed by atoms with Gasteiger partial charge in [-0.05, 0) is 24.8 Å². The summed E-state index contributed by atoms with van der Waals surface area (Å²) in [5.41, 5.74) is 7.12. The monoisotopic (exact) mass is 151 g/mol. The Balaban J connectivity index is 2.91. The lowest BCUT2D eigenvalue weighted by atomic mass is 9.95. The van der Waals surface area contributed by atoms with Crippen LogP contribution in [0.15, 0.2) is 23.3 Å². The molecule has 0 aromatic heterocycles. The molecule has 60 valence electrons. The van der Waals surface area contributed by atoms with Gasteiger partial charge in [0, 0.05) is 5.57 Å². The van der Waals surface area contributed by atoms with Gasteiger partial charge in [-0.15, -0.1) is 0 Å². The van der Waals surface area contributed by atoms with E-state index in [1.165, 1.54) is 0 Å². The van der Waals surface area contributed by atoms with E-state index in [0.717, 1.165) is 30.4 Å². The number of hydrogen-bond donors (Lipinski definition) is 1. The van der Waals surface area contributed by atoms with E-state index in [1.54, 1.807) is 0 Å². The van der Waals surface area contributed by atoms with Crippen molar-refractivity contribution < 1.29 is 4.79 Å². The van der Waals surface area contributed by atoms with Gasteiger partial charge in [0.2, 0.25) is 5.91 Å². The normalized spacial score (nSPS) is 17.2. The maximum Gasteiger partial charge on any atom is 0.244 e. The van der Waals surface area contributed by atoms with Gasteiger partial charge in [-0.2, -0.15) is 0 Å². The molecule has 11 heavy (non-hydrogen) atoms. The first-order chi connectivity index (χ1) is 5.25. The van der Waals surface area contributed by atoms with Crippen molar-refractivity contribution in [2.75, 3.05) is 0 Å². The van der Waals surface area contributed by atoms with Gasteiger partial charge in [0.05, 0.1) is 0 Å². The number of rotatable bonds is 2. The summed E-state index contributed by atoms with van der Waals surface area (Å²) in [5, 5.41) is 0. The Bertz CT molecular complexity index is 226. The highest BCUT2D eigenvalue weighted by atomic mass is 16.1. The molecule has 0 unspecified atom stereocenters. The van der Waals surface area contributed by atoms with Gasteiger partial charge in [-0.1, -0.05) is 19.1 Å². The lowest BCUT2D eigenvalue weighted by Gasteiger charge is -2.10. The van der Waals surface area contributed by atoms with Crippen LogP contribution >= 0.6 is 0 Å². The molecular formula is C9H13NO. The highest BCUT2D eigenvalue weighted by Gasteiger charge is 2.11. The minimum absolute atomic E-state index is 0.258. The van der Waals surface area contributed by atoms with Crippen LogP contribution in [-0.2, 0) is 4.79 Å². The second kappa shape index (κ2) is 3.37. The van der Waals surface area contributed by atoms with Crippen LogP contribution in [0.25, 0.3) is 0 Å². The van der Waals surface area contributed by atoms with Crippen LogP contribution in [0.2, 0.25) is 0 Å². The summed E-state index contributed by atoms with van der Waals surface area (Å²) in [6.07, 6.45) is 6.75. The SMILES string of the molecule is CCC1=C(C(N)=O)CCC=C1. The van der Waals surface area contributed by atoms with Crippen molar-refractivity contribution in [3.05, 3.63) is 23.3 Å². The van der Waals surface area contributed by atoms with Crippen molar-refractivity contribution in [2.45, 2.75) is 26.2 Å². The second-order valence-electron chi connectivity index (χ2n) is 2.66. The summed E-state index contributed by atoms with van der Waals surface area (Å²) < 4.78 is 0. The van der Waals surface area contributed by atoms with Gasteiger partial charge < -0.3 is 5.73 Å². The van der Waals surface area contributed by atoms with Gasteiger partial charge in [-0.3, -0.25) is 4.79 Å². The summed E-state index contributed by atoms with van der Waals surface area (Å²) in [4.78, 5) is 10.9. The number of carbonyl (C=O) groups is 1. The van der Waals surface area contributed by atoms with Gasteiger partial charge in [0.1, 0.15) is 0 Å². The number of hydrogen-bond acceptors (Lipinski definition) is 1. The third kappa shape index (κ3) is 1.70. The van der Waals surface area contributed by atoms with Crippen LogP contribution < -0.4 is 5.73 Å². The molecule has 0 heterocycles. The zero-order valence-corrected chi connectivity index (χ0v) is 6.76.